The van der Waals surface area contributed by atoms with Crippen LogP contribution in [0.1, 0.15) is 35.2 Å². The van der Waals surface area contributed by atoms with Gasteiger partial charge < -0.3 is 14.2 Å². The summed E-state index contributed by atoms with van der Waals surface area (Å²) in [6, 6.07) is 5.59. The second kappa shape index (κ2) is 6.83. The second-order valence-corrected chi connectivity index (χ2v) is 8.66. The number of amides is 1. The Kier molecular flexibility index (Phi) is 4.32. The van der Waals surface area contributed by atoms with Gasteiger partial charge in [0.05, 0.1) is 22.9 Å². The Balaban J connectivity index is 1.38. The van der Waals surface area contributed by atoms with Crippen molar-refractivity contribution >= 4 is 16.9 Å². The summed E-state index contributed by atoms with van der Waals surface area (Å²) in [4.78, 5) is 44.2. The van der Waals surface area contributed by atoms with Crippen molar-refractivity contribution < 1.29 is 9.53 Å². The van der Waals surface area contributed by atoms with E-state index >= 15 is 0 Å². The standard InChI is InChI=1S/C22H25N5O4/c1-24-13-23-16-11-14(5-6-17(16)24)18(28)27-9-4-7-22(8-10-27)12-15-19(29)25(2)21(30)26(3)20(15)31-22/h5-6,11,13H,4,7-10,12H2,1-3H3. The summed E-state index contributed by atoms with van der Waals surface area (Å²) >= 11 is 0. The van der Waals surface area contributed by atoms with E-state index in [0.717, 1.165) is 28.4 Å². The van der Waals surface area contributed by atoms with Gasteiger partial charge in [0, 0.05) is 52.6 Å². The summed E-state index contributed by atoms with van der Waals surface area (Å²) in [5.74, 6) is 0.344. The number of hydrogen-bond acceptors (Lipinski definition) is 5. The lowest BCUT2D eigenvalue weighted by molar-refractivity contribution is 0.0636. The third-order valence-corrected chi connectivity index (χ3v) is 6.67. The molecule has 1 amide bonds. The number of benzene rings is 1. The average Bonchev–Trinajstić information content (AvgIpc) is 3.26. The first-order chi connectivity index (χ1) is 14.8. The number of aromatic nitrogens is 4. The number of hydrogen-bond donors (Lipinski definition) is 0. The second-order valence-electron chi connectivity index (χ2n) is 8.66. The highest BCUT2D eigenvalue weighted by molar-refractivity contribution is 5.97. The van der Waals surface area contributed by atoms with Crippen LogP contribution >= 0.6 is 0 Å². The number of imidazole rings is 1. The lowest BCUT2D eigenvalue weighted by Crippen LogP contribution is -2.38. The van der Waals surface area contributed by atoms with Crippen molar-refractivity contribution in [2.75, 3.05) is 13.1 Å². The number of fused-ring (bicyclic) bond motifs is 2. The zero-order valence-electron chi connectivity index (χ0n) is 17.9. The van der Waals surface area contributed by atoms with Gasteiger partial charge in [0.15, 0.2) is 0 Å². The topological polar surface area (TPSA) is 91.4 Å². The highest BCUT2D eigenvalue weighted by Gasteiger charge is 2.44. The van der Waals surface area contributed by atoms with Crippen molar-refractivity contribution in [2.45, 2.75) is 31.3 Å². The Labute approximate surface area is 178 Å². The van der Waals surface area contributed by atoms with Crippen LogP contribution in [0.5, 0.6) is 5.88 Å². The van der Waals surface area contributed by atoms with Gasteiger partial charge in [-0.1, -0.05) is 0 Å². The Morgan fingerprint density at radius 1 is 1.10 bits per heavy atom. The lowest BCUT2D eigenvalue weighted by Gasteiger charge is -2.27. The van der Waals surface area contributed by atoms with Gasteiger partial charge in [-0.05, 0) is 31.0 Å². The number of carbonyl (C=O) groups is 1. The molecule has 162 valence electrons. The lowest BCUT2D eigenvalue weighted by atomic mass is 9.90. The Bertz CT molecular complexity index is 1330. The van der Waals surface area contributed by atoms with Crippen LogP contribution in [0, 0.1) is 0 Å². The van der Waals surface area contributed by atoms with Crippen molar-refractivity contribution in [1.82, 2.24) is 23.6 Å². The van der Waals surface area contributed by atoms with E-state index in [1.54, 1.807) is 13.4 Å². The van der Waals surface area contributed by atoms with E-state index in [4.69, 9.17) is 4.74 Å². The van der Waals surface area contributed by atoms with Crippen LogP contribution in [-0.2, 0) is 27.6 Å². The molecule has 3 aromatic rings. The minimum absolute atomic E-state index is 0.0246. The van der Waals surface area contributed by atoms with E-state index in [1.165, 1.54) is 11.6 Å². The Hall–Kier alpha value is -3.36. The molecule has 2 aliphatic heterocycles. The third kappa shape index (κ3) is 2.98. The van der Waals surface area contributed by atoms with Crippen LogP contribution in [0.2, 0.25) is 0 Å². The molecule has 0 bridgehead atoms. The molecule has 2 aromatic heterocycles. The minimum Gasteiger partial charge on any atom is -0.471 e. The maximum absolute atomic E-state index is 13.2. The molecule has 2 aliphatic rings. The smallest absolute Gasteiger partial charge is 0.333 e. The molecule has 31 heavy (non-hydrogen) atoms. The third-order valence-electron chi connectivity index (χ3n) is 6.67. The molecule has 9 heteroatoms. The van der Waals surface area contributed by atoms with Crippen LogP contribution < -0.4 is 16.0 Å². The van der Waals surface area contributed by atoms with Crippen LogP contribution in [0.25, 0.3) is 11.0 Å². The monoisotopic (exact) mass is 423 g/mol. The molecule has 9 nitrogen and oxygen atoms in total. The molecule has 5 rings (SSSR count). The fourth-order valence-corrected chi connectivity index (χ4v) is 4.84. The molecule has 1 unspecified atom stereocenters. The van der Waals surface area contributed by atoms with E-state index < -0.39 is 11.3 Å². The zero-order valence-corrected chi connectivity index (χ0v) is 17.9. The summed E-state index contributed by atoms with van der Waals surface area (Å²) in [5, 5.41) is 0. The van der Waals surface area contributed by atoms with Gasteiger partial charge in [0.1, 0.15) is 5.60 Å². The summed E-state index contributed by atoms with van der Waals surface area (Å²) < 4.78 is 10.7. The van der Waals surface area contributed by atoms with Gasteiger partial charge >= 0.3 is 5.69 Å². The molecule has 4 heterocycles. The van der Waals surface area contributed by atoms with Crippen LogP contribution in [0.3, 0.4) is 0 Å². The quantitative estimate of drug-likeness (QED) is 0.582. The first kappa shape index (κ1) is 19.6. The number of likely N-dealkylation sites (tertiary alicyclic amines) is 1. The summed E-state index contributed by atoms with van der Waals surface area (Å²) in [5.41, 5.74) is 1.70. The predicted octanol–water partition coefficient (Wildman–Crippen LogP) is 0.971. The van der Waals surface area contributed by atoms with Gasteiger partial charge in [-0.15, -0.1) is 0 Å². The van der Waals surface area contributed by atoms with E-state index in [9.17, 15) is 14.4 Å². The van der Waals surface area contributed by atoms with E-state index in [2.05, 4.69) is 4.98 Å². The Morgan fingerprint density at radius 3 is 2.71 bits per heavy atom. The maximum atomic E-state index is 13.2. The van der Waals surface area contributed by atoms with Crippen molar-refractivity contribution in [3.8, 4) is 5.88 Å². The molecule has 0 saturated carbocycles. The molecule has 1 aromatic carbocycles. The fourth-order valence-electron chi connectivity index (χ4n) is 4.84. The highest BCUT2D eigenvalue weighted by atomic mass is 16.5. The number of ether oxygens (including phenoxy) is 1. The summed E-state index contributed by atoms with van der Waals surface area (Å²) in [6.45, 7) is 1.15. The van der Waals surface area contributed by atoms with Crippen molar-refractivity contribution in [3.63, 3.8) is 0 Å². The first-order valence-electron chi connectivity index (χ1n) is 10.5. The van der Waals surface area contributed by atoms with Gasteiger partial charge in [0.2, 0.25) is 5.88 Å². The van der Waals surface area contributed by atoms with Gasteiger partial charge in [-0.2, -0.15) is 0 Å². The van der Waals surface area contributed by atoms with Gasteiger partial charge in [-0.25, -0.2) is 9.78 Å². The van der Waals surface area contributed by atoms with E-state index in [1.807, 2.05) is 34.7 Å². The fraction of sp³-hybridized carbons (Fsp3) is 0.455. The molecule has 1 spiro atoms. The predicted molar refractivity (Wildman–Crippen MR) is 114 cm³/mol. The number of rotatable bonds is 1. The minimum atomic E-state index is -0.556. The largest absolute Gasteiger partial charge is 0.471 e. The van der Waals surface area contributed by atoms with E-state index in [0.29, 0.717) is 42.9 Å². The SMILES string of the molecule is Cn1c2c(c(=O)n(C)c1=O)CC1(CCCN(C(=O)c3ccc4c(c3)ncn4C)CC1)O2. The molecule has 0 radical (unpaired) electrons. The molecular formula is C22H25N5O4. The highest BCUT2D eigenvalue weighted by Crippen LogP contribution is 2.39. The molecular weight excluding hydrogens is 398 g/mol. The molecule has 1 saturated heterocycles. The number of nitrogens with zero attached hydrogens (tertiary/aromatic N) is 5. The number of aryl methyl sites for hydroxylation is 1. The molecule has 1 atom stereocenters. The van der Waals surface area contributed by atoms with E-state index in [-0.39, 0.29) is 11.5 Å². The van der Waals surface area contributed by atoms with Gasteiger partial charge in [-0.3, -0.25) is 18.7 Å². The average molecular weight is 423 g/mol. The van der Waals surface area contributed by atoms with Crippen LogP contribution in [0.15, 0.2) is 34.1 Å². The van der Waals surface area contributed by atoms with Crippen molar-refractivity contribution in [2.24, 2.45) is 21.1 Å². The zero-order chi connectivity index (χ0) is 21.9. The summed E-state index contributed by atoms with van der Waals surface area (Å²) in [6.07, 6.45) is 4.30. The normalized spacial score (nSPS) is 20.7. The van der Waals surface area contributed by atoms with Crippen LogP contribution in [-0.4, -0.2) is 48.2 Å². The maximum Gasteiger partial charge on any atom is 0.333 e. The molecule has 1 fully saturated rings. The Morgan fingerprint density at radius 2 is 1.90 bits per heavy atom. The first-order valence-corrected chi connectivity index (χ1v) is 10.5. The molecule has 0 aliphatic carbocycles. The summed E-state index contributed by atoms with van der Waals surface area (Å²) in [7, 11) is 5.04. The number of carbonyl (C=O) groups excluding carboxylic acids is 1. The van der Waals surface area contributed by atoms with Crippen LogP contribution in [0.4, 0.5) is 0 Å². The van der Waals surface area contributed by atoms with Crippen molar-refractivity contribution in [3.05, 3.63) is 56.5 Å². The molecule has 0 N–H and O–H groups in total. The van der Waals surface area contributed by atoms with Gasteiger partial charge in [0.25, 0.3) is 11.5 Å². The van der Waals surface area contributed by atoms with Crippen molar-refractivity contribution in [1.29, 1.82) is 0 Å².